The van der Waals surface area contributed by atoms with Gasteiger partial charge >= 0.3 is 12.1 Å². The number of aromatic nitrogens is 1. The smallest absolute Gasteiger partial charge is 0.414 e. The van der Waals surface area contributed by atoms with E-state index in [2.05, 4.69) is 32.9 Å². The van der Waals surface area contributed by atoms with E-state index in [4.69, 9.17) is 9.15 Å². The van der Waals surface area contributed by atoms with Crippen LogP contribution in [0.1, 0.15) is 75.7 Å². The van der Waals surface area contributed by atoms with Crippen molar-refractivity contribution in [3.8, 4) is 0 Å². The van der Waals surface area contributed by atoms with E-state index in [-0.39, 0.29) is 5.89 Å². The van der Waals surface area contributed by atoms with E-state index in [1.165, 1.54) is 51.0 Å². The van der Waals surface area contributed by atoms with Crippen LogP contribution in [0.25, 0.3) is 0 Å². The Kier molecular flexibility index (Phi) is 10.4. The summed E-state index contributed by atoms with van der Waals surface area (Å²) in [6.45, 7) is 0.494. The molecule has 0 bridgehead atoms. The predicted molar refractivity (Wildman–Crippen MR) is 136 cm³/mol. The number of amides is 1. The molecule has 1 amide bonds. The van der Waals surface area contributed by atoms with Gasteiger partial charge in [0.05, 0.1) is 6.20 Å². The van der Waals surface area contributed by atoms with Crippen molar-refractivity contribution in [1.82, 2.24) is 10.3 Å². The van der Waals surface area contributed by atoms with Crippen molar-refractivity contribution in [3.63, 3.8) is 0 Å². The van der Waals surface area contributed by atoms with Crippen LogP contribution in [0, 0.1) is 5.92 Å². The van der Waals surface area contributed by atoms with Gasteiger partial charge in [0.15, 0.2) is 5.41 Å². The molecule has 1 aromatic carbocycles. The molecule has 1 heterocycles. The summed E-state index contributed by atoms with van der Waals surface area (Å²) < 4.78 is 12.8. The second kappa shape index (κ2) is 13.5. The molecule has 1 saturated carbocycles. The first kappa shape index (κ1) is 25.5. The third-order valence-electron chi connectivity index (χ3n) is 6.41. The third-order valence-corrected chi connectivity index (χ3v) is 6.91. The molecule has 2 aromatic rings. The summed E-state index contributed by atoms with van der Waals surface area (Å²) in [7, 11) is 0. The molecular weight excluding hydrogens is 531 g/mol. The molecule has 1 atom stereocenters. The zero-order valence-corrected chi connectivity index (χ0v) is 21.2. The summed E-state index contributed by atoms with van der Waals surface area (Å²) in [5.74, 6) is 0.370. The average molecular weight is 564 g/mol. The Balaban J connectivity index is 1.62. The van der Waals surface area contributed by atoms with E-state index in [1.807, 2.05) is 40.5 Å². The molecule has 0 radical (unpaired) electrons. The number of alkyl carbamates (subject to hydrolysis) is 1. The fourth-order valence-corrected chi connectivity index (χ4v) is 4.99. The zero-order chi connectivity index (χ0) is 23.4. The standard InChI is InChI=1S/C26H33IN2O4/c27-17-9-8-16-26(23-28-19-20-32-23,22-14-5-2-6-15-22)24(30)33-25(31)29-18-10-7-13-21-11-3-1-4-12-21/h2,5-6,9,14-15,17,19-21H,1,3-4,7-8,10-13,16,18H2,(H,29,31). The fourth-order valence-electron chi connectivity index (χ4n) is 4.63. The SMILES string of the molecule is O=C(NCCCCC1CCCCC1)OC(=O)C(CCC=CI)(c1ccccc1)c1ncco1. The highest BCUT2D eigenvalue weighted by Crippen LogP contribution is 2.37. The van der Waals surface area contributed by atoms with Crippen LogP contribution in [-0.2, 0) is 14.9 Å². The summed E-state index contributed by atoms with van der Waals surface area (Å²) in [5.41, 5.74) is -0.626. The Hall–Kier alpha value is -2.16. The number of halogens is 1. The largest absolute Gasteiger partial charge is 0.447 e. The van der Waals surface area contributed by atoms with Crippen LogP contribution in [0.2, 0.25) is 0 Å². The van der Waals surface area contributed by atoms with Gasteiger partial charge in [-0.25, -0.2) is 14.6 Å². The number of oxazole rings is 1. The number of rotatable bonds is 11. The number of ether oxygens (including phenoxy) is 1. The van der Waals surface area contributed by atoms with Gasteiger partial charge in [0.1, 0.15) is 6.26 Å². The first-order chi connectivity index (χ1) is 16.2. The molecule has 7 heteroatoms. The molecule has 1 fully saturated rings. The molecule has 3 rings (SSSR count). The summed E-state index contributed by atoms with van der Waals surface area (Å²) in [6.07, 6.45) is 15.0. The highest BCUT2D eigenvalue weighted by atomic mass is 127. The quantitative estimate of drug-likeness (QED) is 0.142. The average Bonchev–Trinajstić information content (AvgIpc) is 3.38. The Morgan fingerprint density at radius 1 is 1.18 bits per heavy atom. The number of hydrogen-bond acceptors (Lipinski definition) is 5. The van der Waals surface area contributed by atoms with Crippen LogP contribution in [0.5, 0.6) is 0 Å². The summed E-state index contributed by atoms with van der Waals surface area (Å²) >= 11 is 2.14. The Labute approximate surface area is 209 Å². The summed E-state index contributed by atoms with van der Waals surface area (Å²) in [4.78, 5) is 30.2. The Bertz CT molecular complexity index is 879. The van der Waals surface area contributed by atoms with Crippen molar-refractivity contribution in [2.24, 2.45) is 5.92 Å². The number of nitrogens with one attached hydrogen (secondary N) is 1. The van der Waals surface area contributed by atoms with Gasteiger partial charge in [0.2, 0.25) is 5.89 Å². The lowest BCUT2D eigenvalue weighted by atomic mass is 9.76. The molecular formula is C26H33IN2O4. The topological polar surface area (TPSA) is 81.4 Å². The fraction of sp³-hybridized carbons (Fsp3) is 0.500. The van der Waals surface area contributed by atoms with Crippen molar-refractivity contribution in [1.29, 1.82) is 0 Å². The van der Waals surface area contributed by atoms with Crippen molar-refractivity contribution < 1.29 is 18.7 Å². The number of nitrogens with zero attached hydrogens (tertiary/aromatic N) is 1. The monoisotopic (exact) mass is 564 g/mol. The van der Waals surface area contributed by atoms with Gasteiger partial charge in [-0.1, -0.05) is 104 Å². The van der Waals surface area contributed by atoms with Gasteiger partial charge in [-0.05, 0) is 34.8 Å². The number of hydrogen-bond donors (Lipinski definition) is 1. The normalized spacial score (nSPS) is 16.4. The minimum Gasteiger partial charge on any atom is -0.447 e. The summed E-state index contributed by atoms with van der Waals surface area (Å²) in [6, 6.07) is 9.24. The van der Waals surface area contributed by atoms with Gasteiger partial charge in [0.25, 0.3) is 0 Å². The van der Waals surface area contributed by atoms with E-state index in [0.717, 1.165) is 18.8 Å². The van der Waals surface area contributed by atoms with E-state index >= 15 is 0 Å². The van der Waals surface area contributed by atoms with Gasteiger partial charge in [-0.2, -0.15) is 0 Å². The first-order valence-electron chi connectivity index (χ1n) is 11.9. The van der Waals surface area contributed by atoms with E-state index in [1.54, 1.807) is 0 Å². The van der Waals surface area contributed by atoms with Crippen molar-refractivity contribution >= 4 is 34.7 Å². The maximum Gasteiger partial charge on any atom is 0.414 e. The molecule has 1 aromatic heterocycles. The molecule has 1 aliphatic carbocycles. The minimum atomic E-state index is -1.31. The van der Waals surface area contributed by atoms with Gasteiger partial charge in [0, 0.05) is 6.54 Å². The number of allylic oxidation sites excluding steroid dienone is 1. The first-order valence-corrected chi connectivity index (χ1v) is 13.1. The van der Waals surface area contributed by atoms with Crippen LogP contribution in [-0.4, -0.2) is 23.6 Å². The van der Waals surface area contributed by atoms with E-state index in [9.17, 15) is 9.59 Å². The van der Waals surface area contributed by atoms with Crippen LogP contribution in [0.3, 0.4) is 0 Å². The highest BCUT2D eigenvalue weighted by Gasteiger charge is 2.48. The molecule has 33 heavy (non-hydrogen) atoms. The molecule has 0 saturated heterocycles. The van der Waals surface area contributed by atoms with Gasteiger partial charge < -0.3 is 14.5 Å². The zero-order valence-electron chi connectivity index (χ0n) is 19.0. The molecule has 6 nitrogen and oxygen atoms in total. The van der Waals surface area contributed by atoms with Crippen molar-refractivity contribution in [2.45, 2.75) is 69.6 Å². The molecule has 0 aliphatic heterocycles. The highest BCUT2D eigenvalue weighted by molar-refractivity contribution is 14.1. The van der Waals surface area contributed by atoms with Crippen LogP contribution >= 0.6 is 22.6 Å². The Morgan fingerprint density at radius 2 is 1.97 bits per heavy atom. The van der Waals surface area contributed by atoms with Gasteiger partial charge in [-0.3, -0.25) is 0 Å². The summed E-state index contributed by atoms with van der Waals surface area (Å²) in [5, 5.41) is 2.74. The molecule has 1 N–H and O–H groups in total. The second-order valence-electron chi connectivity index (χ2n) is 8.61. The molecule has 178 valence electrons. The van der Waals surface area contributed by atoms with Gasteiger partial charge in [-0.15, -0.1) is 0 Å². The van der Waals surface area contributed by atoms with Crippen LogP contribution in [0.4, 0.5) is 4.79 Å². The number of benzene rings is 1. The molecule has 1 unspecified atom stereocenters. The second-order valence-corrected chi connectivity index (χ2v) is 9.33. The lowest BCUT2D eigenvalue weighted by Gasteiger charge is -2.28. The number of esters is 1. The van der Waals surface area contributed by atoms with Crippen LogP contribution < -0.4 is 5.32 Å². The van der Waals surface area contributed by atoms with E-state index < -0.39 is 17.5 Å². The third kappa shape index (κ3) is 7.16. The number of unbranched alkanes of at least 4 members (excludes halogenated alkanes) is 1. The van der Waals surface area contributed by atoms with Crippen LogP contribution in [0.15, 0.2) is 57.4 Å². The molecule has 1 aliphatic rings. The van der Waals surface area contributed by atoms with Crippen molar-refractivity contribution in [2.75, 3.05) is 6.54 Å². The lowest BCUT2D eigenvalue weighted by Crippen LogP contribution is -2.42. The number of carbonyl (C=O) groups excluding carboxylic acids is 2. The minimum absolute atomic E-state index is 0.223. The lowest BCUT2D eigenvalue weighted by molar-refractivity contribution is -0.143. The Morgan fingerprint density at radius 3 is 2.67 bits per heavy atom. The number of carbonyl (C=O) groups is 2. The van der Waals surface area contributed by atoms with E-state index in [0.29, 0.717) is 24.9 Å². The molecule has 0 spiro atoms. The maximum atomic E-state index is 13.5. The maximum absolute atomic E-state index is 13.5. The van der Waals surface area contributed by atoms with Crippen molar-refractivity contribution in [3.05, 3.63) is 64.4 Å². The predicted octanol–water partition coefficient (Wildman–Crippen LogP) is 6.69.